The topological polar surface area (TPSA) is 80.0 Å². The summed E-state index contributed by atoms with van der Waals surface area (Å²) in [4.78, 5) is 27.7. The van der Waals surface area contributed by atoms with Crippen molar-refractivity contribution in [2.75, 3.05) is 13.2 Å². The number of nitrogens with zero attached hydrogens (tertiary/aromatic N) is 1. The summed E-state index contributed by atoms with van der Waals surface area (Å²) >= 11 is 0. The minimum atomic E-state index is -0.858. The largest absolute Gasteiger partial charge is 0.503 e. The van der Waals surface area contributed by atoms with Crippen molar-refractivity contribution in [1.29, 1.82) is 0 Å². The van der Waals surface area contributed by atoms with Crippen LogP contribution in [0.1, 0.15) is 42.4 Å². The van der Waals surface area contributed by atoms with Gasteiger partial charge in [-0.05, 0) is 50.1 Å². The number of hydrogen-bond acceptors (Lipinski definition) is 5. The van der Waals surface area contributed by atoms with Crippen LogP contribution in [0.2, 0.25) is 0 Å². The minimum Gasteiger partial charge on any atom is -0.503 e. The van der Waals surface area contributed by atoms with Crippen molar-refractivity contribution in [3.63, 3.8) is 0 Å². The van der Waals surface area contributed by atoms with Gasteiger partial charge in [-0.1, -0.05) is 30.3 Å². The molecule has 0 fully saturated rings. The molecule has 1 amide bonds. The molecule has 7 heteroatoms. The van der Waals surface area contributed by atoms with Gasteiger partial charge in [-0.2, -0.15) is 0 Å². The van der Waals surface area contributed by atoms with Gasteiger partial charge in [0.05, 0.1) is 17.7 Å². The van der Waals surface area contributed by atoms with Crippen molar-refractivity contribution < 1.29 is 28.2 Å². The first kappa shape index (κ1) is 21.8. The summed E-state index contributed by atoms with van der Waals surface area (Å²) in [7, 11) is 0. The Hall–Kier alpha value is -3.45. The Labute approximate surface area is 184 Å². The number of ether oxygens (including phenoxy) is 1. The van der Waals surface area contributed by atoms with E-state index in [0.29, 0.717) is 24.2 Å². The summed E-state index contributed by atoms with van der Waals surface area (Å²) in [5, 5.41) is 11.4. The lowest BCUT2D eigenvalue weighted by Crippen LogP contribution is -2.32. The molecule has 6 nitrogen and oxygen atoms in total. The second-order valence-electron chi connectivity index (χ2n) is 7.97. The molecular formula is C25H24FNO5. The number of amides is 1. The molecule has 1 aliphatic heterocycles. The Morgan fingerprint density at radius 2 is 1.91 bits per heavy atom. The van der Waals surface area contributed by atoms with E-state index in [4.69, 9.17) is 9.15 Å². The number of halogens is 1. The smallest absolute Gasteiger partial charge is 0.290 e. The van der Waals surface area contributed by atoms with Crippen LogP contribution in [-0.2, 0) is 9.53 Å². The van der Waals surface area contributed by atoms with Crippen molar-refractivity contribution in [2.24, 2.45) is 0 Å². The second-order valence-corrected chi connectivity index (χ2v) is 7.97. The van der Waals surface area contributed by atoms with Gasteiger partial charge in [0.1, 0.15) is 11.4 Å². The van der Waals surface area contributed by atoms with Gasteiger partial charge < -0.3 is 19.2 Å². The van der Waals surface area contributed by atoms with Gasteiger partial charge in [0.2, 0.25) is 5.78 Å². The molecule has 1 atom stereocenters. The number of furan rings is 1. The second kappa shape index (κ2) is 8.96. The Bertz CT molecular complexity index is 1150. The third-order valence-corrected chi connectivity index (χ3v) is 5.38. The molecule has 0 spiro atoms. The normalized spacial score (nSPS) is 16.6. The number of fused-ring (bicyclic) bond motifs is 1. The van der Waals surface area contributed by atoms with Gasteiger partial charge in [0.25, 0.3) is 5.91 Å². The summed E-state index contributed by atoms with van der Waals surface area (Å²) in [6.07, 6.45) is 0.565. The average Bonchev–Trinajstić information content (AvgIpc) is 3.31. The number of aliphatic hydroxyl groups excluding tert-OH is 1. The van der Waals surface area contributed by atoms with Crippen LogP contribution < -0.4 is 0 Å². The first-order chi connectivity index (χ1) is 15.4. The van der Waals surface area contributed by atoms with Gasteiger partial charge in [-0.3, -0.25) is 9.59 Å². The van der Waals surface area contributed by atoms with Crippen LogP contribution in [0.15, 0.2) is 70.3 Å². The zero-order valence-electron chi connectivity index (χ0n) is 17.9. The maximum absolute atomic E-state index is 13.5. The Morgan fingerprint density at radius 3 is 2.59 bits per heavy atom. The van der Waals surface area contributed by atoms with Crippen LogP contribution in [0.5, 0.6) is 0 Å². The zero-order chi connectivity index (χ0) is 22.8. The van der Waals surface area contributed by atoms with Crippen LogP contribution in [0, 0.1) is 5.82 Å². The first-order valence-corrected chi connectivity index (χ1v) is 10.5. The van der Waals surface area contributed by atoms with E-state index in [1.807, 2.05) is 26.0 Å². The number of rotatable bonds is 8. The van der Waals surface area contributed by atoms with E-state index in [2.05, 4.69) is 0 Å². The standard InChI is InChI=1S/C25H24FNO5/c1-15(2)31-13-5-12-27-22(16-8-10-18(26)11-9-16)21(24(29)25(27)30)23(28)20-14-17-6-3-4-7-19(17)32-20/h3-4,6-11,14-15,22,29H,5,12-13H2,1-2H3. The van der Waals surface area contributed by atoms with Gasteiger partial charge >= 0.3 is 0 Å². The molecule has 1 N–H and O–H groups in total. The SMILES string of the molecule is CC(C)OCCCN1C(=O)C(O)=C(C(=O)c2cc3ccccc3o2)C1c1ccc(F)cc1. The Balaban J connectivity index is 1.70. The highest BCUT2D eigenvalue weighted by Crippen LogP contribution is 2.39. The van der Waals surface area contributed by atoms with Crippen LogP contribution in [0.4, 0.5) is 4.39 Å². The molecule has 0 saturated carbocycles. The van der Waals surface area contributed by atoms with E-state index < -0.39 is 29.3 Å². The third kappa shape index (κ3) is 4.16. The summed E-state index contributed by atoms with van der Waals surface area (Å²) < 4.78 is 24.8. The summed E-state index contributed by atoms with van der Waals surface area (Å²) in [6, 6.07) is 13.4. The molecule has 0 radical (unpaired) electrons. The number of carbonyl (C=O) groups is 2. The summed E-state index contributed by atoms with van der Waals surface area (Å²) in [6.45, 7) is 4.51. The van der Waals surface area contributed by atoms with Crippen LogP contribution in [0.3, 0.4) is 0 Å². The average molecular weight is 437 g/mol. The molecule has 0 saturated heterocycles. The van der Waals surface area contributed by atoms with Gasteiger partial charge in [-0.15, -0.1) is 0 Å². The first-order valence-electron chi connectivity index (χ1n) is 10.5. The third-order valence-electron chi connectivity index (χ3n) is 5.38. The predicted octanol–water partition coefficient (Wildman–Crippen LogP) is 4.97. The maximum atomic E-state index is 13.5. The Morgan fingerprint density at radius 1 is 1.19 bits per heavy atom. The molecule has 166 valence electrons. The van der Waals surface area contributed by atoms with Crippen molar-refractivity contribution >= 4 is 22.7 Å². The molecule has 4 rings (SSSR count). The van der Waals surface area contributed by atoms with E-state index in [9.17, 15) is 19.1 Å². The number of ketones is 1. The number of para-hydroxylation sites is 1. The Kier molecular flexibility index (Phi) is 6.10. The highest BCUT2D eigenvalue weighted by atomic mass is 19.1. The molecule has 2 heterocycles. The van der Waals surface area contributed by atoms with Crippen LogP contribution in [-0.4, -0.2) is 41.0 Å². The summed E-state index contributed by atoms with van der Waals surface area (Å²) in [5.41, 5.74) is 0.972. The number of hydrogen-bond donors (Lipinski definition) is 1. The highest BCUT2D eigenvalue weighted by Gasteiger charge is 2.44. The van der Waals surface area contributed by atoms with Gasteiger partial charge in [0.15, 0.2) is 11.5 Å². The molecule has 3 aromatic rings. The molecule has 0 aliphatic carbocycles. The number of carbonyl (C=O) groups excluding carboxylic acids is 2. The highest BCUT2D eigenvalue weighted by molar-refractivity contribution is 6.16. The van der Waals surface area contributed by atoms with Gasteiger partial charge in [0, 0.05) is 18.5 Å². The molecular weight excluding hydrogens is 413 g/mol. The molecule has 0 bridgehead atoms. The number of aliphatic hydroxyl groups is 1. The van der Waals surface area contributed by atoms with E-state index in [1.54, 1.807) is 18.2 Å². The molecule has 1 aromatic heterocycles. The van der Waals surface area contributed by atoms with E-state index in [1.165, 1.54) is 29.2 Å². The van der Waals surface area contributed by atoms with E-state index >= 15 is 0 Å². The fourth-order valence-electron chi connectivity index (χ4n) is 3.89. The zero-order valence-corrected chi connectivity index (χ0v) is 17.9. The summed E-state index contributed by atoms with van der Waals surface area (Å²) in [5.74, 6) is -2.26. The quantitative estimate of drug-likeness (QED) is 0.398. The monoisotopic (exact) mass is 437 g/mol. The minimum absolute atomic E-state index is 0.0256. The van der Waals surface area contributed by atoms with Crippen molar-refractivity contribution in [3.05, 3.63) is 83.1 Å². The van der Waals surface area contributed by atoms with E-state index in [-0.39, 0.29) is 24.0 Å². The lowest BCUT2D eigenvalue weighted by molar-refractivity contribution is -0.129. The molecule has 2 aromatic carbocycles. The fraction of sp³-hybridized carbons (Fsp3) is 0.280. The lowest BCUT2D eigenvalue weighted by atomic mass is 9.95. The predicted molar refractivity (Wildman–Crippen MR) is 117 cm³/mol. The number of benzene rings is 2. The maximum Gasteiger partial charge on any atom is 0.290 e. The van der Waals surface area contributed by atoms with Crippen molar-refractivity contribution in [2.45, 2.75) is 32.4 Å². The van der Waals surface area contributed by atoms with Crippen molar-refractivity contribution in [3.8, 4) is 0 Å². The lowest BCUT2D eigenvalue weighted by Gasteiger charge is -2.26. The van der Waals surface area contributed by atoms with Crippen LogP contribution in [0.25, 0.3) is 11.0 Å². The van der Waals surface area contributed by atoms with Gasteiger partial charge in [-0.25, -0.2) is 4.39 Å². The molecule has 1 unspecified atom stereocenters. The molecule has 1 aliphatic rings. The number of Topliss-reactive ketones (excluding diaryl/α,β-unsaturated/α-hetero) is 1. The molecule has 32 heavy (non-hydrogen) atoms. The fourth-order valence-corrected chi connectivity index (χ4v) is 3.89. The van der Waals surface area contributed by atoms with Crippen LogP contribution >= 0.6 is 0 Å². The van der Waals surface area contributed by atoms with Crippen molar-refractivity contribution in [1.82, 2.24) is 4.90 Å². The van der Waals surface area contributed by atoms with E-state index in [0.717, 1.165) is 5.39 Å².